The van der Waals surface area contributed by atoms with E-state index in [-0.39, 0.29) is 0 Å². The number of methoxy groups -OCH3 is 1. The minimum atomic E-state index is 0.536. The van der Waals surface area contributed by atoms with Crippen molar-refractivity contribution < 1.29 is 4.74 Å². The zero-order valence-corrected chi connectivity index (χ0v) is 12.4. The highest BCUT2D eigenvalue weighted by molar-refractivity contribution is 4.92. The molecule has 19 heavy (non-hydrogen) atoms. The first-order valence-electron chi connectivity index (χ1n) is 8.37. The van der Waals surface area contributed by atoms with Crippen LogP contribution in [-0.2, 0) is 4.74 Å². The fourth-order valence-corrected chi connectivity index (χ4v) is 4.19. The molecule has 0 radical (unpaired) electrons. The molecule has 0 aromatic heterocycles. The first-order valence-corrected chi connectivity index (χ1v) is 8.37. The Kier molecular flexibility index (Phi) is 4.78. The molecule has 0 spiro atoms. The van der Waals surface area contributed by atoms with Crippen molar-refractivity contribution >= 4 is 0 Å². The summed E-state index contributed by atoms with van der Waals surface area (Å²) < 4.78 is 5.44. The highest BCUT2D eigenvalue weighted by Crippen LogP contribution is 2.31. The molecule has 3 fully saturated rings. The van der Waals surface area contributed by atoms with Crippen LogP contribution in [0, 0.1) is 5.92 Å². The van der Waals surface area contributed by atoms with Crippen LogP contribution in [0.3, 0.4) is 0 Å². The molecule has 1 atom stereocenters. The van der Waals surface area contributed by atoms with Crippen molar-refractivity contribution in [3.05, 3.63) is 0 Å². The molecule has 1 unspecified atom stereocenters. The molecule has 0 amide bonds. The van der Waals surface area contributed by atoms with Crippen LogP contribution in [0.2, 0.25) is 0 Å². The van der Waals surface area contributed by atoms with Crippen LogP contribution in [-0.4, -0.2) is 49.8 Å². The van der Waals surface area contributed by atoms with Gasteiger partial charge in [0.1, 0.15) is 0 Å². The Morgan fingerprint density at radius 3 is 2.58 bits per heavy atom. The summed E-state index contributed by atoms with van der Waals surface area (Å²) in [5.74, 6) is 0.938. The summed E-state index contributed by atoms with van der Waals surface area (Å²) in [4.78, 5) is 2.76. The van der Waals surface area contributed by atoms with E-state index in [4.69, 9.17) is 4.74 Å². The predicted octanol–water partition coefficient (Wildman–Crippen LogP) is 2.41. The molecular formula is C16H30N2O. The van der Waals surface area contributed by atoms with Gasteiger partial charge in [0.15, 0.2) is 0 Å². The van der Waals surface area contributed by atoms with Gasteiger partial charge in [0.25, 0.3) is 0 Å². The molecule has 1 saturated heterocycles. The van der Waals surface area contributed by atoms with Crippen molar-refractivity contribution in [1.82, 2.24) is 10.2 Å². The Bertz CT molecular complexity index is 272. The lowest BCUT2D eigenvalue weighted by atomic mass is 9.82. The Balaban J connectivity index is 1.53. The molecule has 3 heteroatoms. The summed E-state index contributed by atoms with van der Waals surface area (Å²) in [5.41, 5.74) is 0. The average Bonchev–Trinajstić information content (AvgIpc) is 2.65. The van der Waals surface area contributed by atoms with Crippen LogP contribution < -0.4 is 5.32 Å². The summed E-state index contributed by atoms with van der Waals surface area (Å²) in [6, 6.07) is 1.56. The molecule has 3 aliphatic rings. The summed E-state index contributed by atoms with van der Waals surface area (Å²) in [5, 5.41) is 3.84. The van der Waals surface area contributed by atoms with Gasteiger partial charge in [0.2, 0.25) is 0 Å². The SMILES string of the molecule is COC1CC(N2CCCNC(C3CCCCC3)C2)C1. The minimum absolute atomic E-state index is 0.536. The molecule has 3 rings (SSSR count). The highest BCUT2D eigenvalue weighted by atomic mass is 16.5. The van der Waals surface area contributed by atoms with Crippen LogP contribution in [0.1, 0.15) is 51.4 Å². The number of nitrogens with one attached hydrogen (secondary N) is 1. The topological polar surface area (TPSA) is 24.5 Å². The fourth-order valence-electron chi connectivity index (χ4n) is 4.19. The predicted molar refractivity (Wildman–Crippen MR) is 78.4 cm³/mol. The largest absolute Gasteiger partial charge is 0.381 e. The van der Waals surface area contributed by atoms with E-state index in [0.29, 0.717) is 6.10 Å². The van der Waals surface area contributed by atoms with Gasteiger partial charge in [-0.3, -0.25) is 4.90 Å². The van der Waals surface area contributed by atoms with Crippen molar-refractivity contribution in [1.29, 1.82) is 0 Å². The van der Waals surface area contributed by atoms with Gasteiger partial charge in [-0.1, -0.05) is 19.3 Å². The lowest BCUT2D eigenvalue weighted by molar-refractivity contribution is -0.0292. The zero-order chi connectivity index (χ0) is 13.1. The van der Waals surface area contributed by atoms with Gasteiger partial charge >= 0.3 is 0 Å². The Morgan fingerprint density at radius 1 is 1.05 bits per heavy atom. The molecule has 1 heterocycles. The van der Waals surface area contributed by atoms with E-state index in [1.165, 1.54) is 71.0 Å². The number of ether oxygens (including phenoxy) is 1. The molecule has 0 bridgehead atoms. The molecule has 1 aliphatic heterocycles. The van der Waals surface area contributed by atoms with Crippen molar-refractivity contribution in [2.24, 2.45) is 5.92 Å². The Labute approximate surface area is 118 Å². The van der Waals surface area contributed by atoms with Gasteiger partial charge < -0.3 is 10.1 Å². The average molecular weight is 266 g/mol. The third-order valence-corrected chi connectivity index (χ3v) is 5.60. The fraction of sp³-hybridized carbons (Fsp3) is 1.00. The minimum Gasteiger partial charge on any atom is -0.381 e. The van der Waals surface area contributed by atoms with E-state index < -0.39 is 0 Å². The zero-order valence-electron chi connectivity index (χ0n) is 12.4. The van der Waals surface area contributed by atoms with Crippen LogP contribution in [0.5, 0.6) is 0 Å². The lowest BCUT2D eigenvalue weighted by Gasteiger charge is -2.43. The third-order valence-electron chi connectivity index (χ3n) is 5.60. The molecule has 0 aromatic carbocycles. The van der Waals surface area contributed by atoms with E-state index in [1.807, 2.05) is 7.11 Å². The van der Waals surface area contributed by atoms with Gasteiger partial charge in [-0.25, -0.2) is 0 Å². The van der Waals surface area contributed by atoms with Gasteiger partial charge in [-0.15, -0.1) is 0 Å². The maximum absolute atomic E-state index is 5.44. The number of hydrogen-bond donors (Lipinski definition) is 1. The third kappa shape index (κ3) is 3.32. The quantitative estimate of drug-likeness (QED) is 0.849. The molecule has 2 aliphatic carbocycles. The van der Waals surface area contributed by atoms with Crippen molar-refractivity contribution in [2.75, 3.05) is 26.7 Å². The molecule has 1 N–H and O–H groups in total. The van der Waals surface area contributed by atoms with E-state index >= 15 is 0 Å². The van der Waals surface area contributed by atoms with Crippen molar-refractivity contribution in [3.63, 3.8) is 0 Å². The first kappa shape index (κ1) is 13.8. The molecule has 0 aromatic rings. The maximum atomic E-state index is 5.44. The summed E-state index contributed by atoms with van der Waals surface area (Å²) in [7, 11) is 1.86. The molecule has 2 saturated carbocycles. The first-order chi connectivity index (χ1) is 9.36. The Hall–Kier alpha value is -0.120. The van der Waals surface area contributed by atoms with Crippen LogP contribution in [0.15, 0.2) is 0 Å². The normalized spacial score (nSPS) is 38.7. The van der Waals surface area contributed by atoms with Gasteiger partial charge in [0.05, 0.1) is 6.10 Å². The van der Waals surface area contributed by atoms with Crippen LogP contribution >= 0.6 is 0 Å². The van der Waals surface area contributed by atoms with Crippen LogP contribution in [0.4, 0.5) is 0 Å². The lowest BCUT2D eigenvalue weighted by Crippen LogP contribution is -2.52. The van der Waals surface area contributed by atoms with E-state index in [2.05, 4.69) is 10.2 Å². The number of rotatable bonds is 3. The smallest absolute Gasteiger partial charge is 0.0601 e. The molecule has 3 nitrogen and oxygen atoms in total. The number of hydrogen-bond acceptors (Lipinski definition) is 3. The van der Waals surface area contributed by atoms with Gasteiger partial charge in [-0.2, -0.15) is 0 Å². The van der Waals surface area contributed by atoms with Crippen molar-refractivity contribution in [3.8, 4) is 0 Å². The van der Waals surface area contributed by atoms with Gasteiger partial charge in [-0.05, 0) is 51.1 Å². The summed E-state index contributed by atoms with van der Waals surface area (Å²) in [6.45, 7) is 3.79. The Morgan fingerprint density at radius 2 is 1.84 bits per heavy atom. The second-order valence-electron chi connectivity index (χ2n) is 6.79. The van der Waals surface area contributed by atoms with E-state index in [0.717, 1.165) is 18.0 Å². The van der Waals surface area contributed by atoms with E-state index in [9.17, 15) is 0 Å². The molecular weight excluding hydrogens is 236 g/mol. The summed E-state index contributed by atoms with van der Waals surface area (Å²) in [6.07, 6.45) is 11.7. The van der Waals surface area contributed by atoms with E-state index in [1.54, 1.807) is 0 Å². The standard InChI is InChI=1S/C16H30N2O/c1-19-15-10-14(11-15)18-9-5-8-17-16(12-18)13-6-3-2-4-7-13/h13-17H,2-12H2,1H3. The van der Waals surface area contributed by atoms with Crippen molar-refractivity contribution in [2.45, 2.75) is 69.6 Å². The second-order valence-corrected chi connectivity index (χ2v) is 6.79. The van der Waals surface area contributed by atoms with Gasteiger partial charge in [0, 0.05) is 25.7 Å². The maximum Gasteiger partial charge on any atom is 0.0601 e. The highest BCUT2D eigenvalue weighted by Gasteiger charge is 2.36. The van der Waals surface area contributed by atoms with Crippen LogP contribution in [0.25, 0.3) is 0 Å². The number of nitrogens with zero attached hydrogens (tertiary/aromatic N) is 1. The summed E-state index contributed by atoms with van der Waals surface area (Å²) >= 11 is 0. The monoisotopic (exact) mass is 266 g/mol. The molecule has 110 valence electrons. The second kappa shape index (κ2) is 6.55.